The molecule has 0 saturated heterocycles. The van der Waals surface area contributed by atoms with Gasteiger partial charge in [-0.25, -0.2) is 0 Å². The highest BCUT2D eigenvalue weighted by atomic mass is 35.5. The van der Waals surface area contributed by atoms with E-state index in [9.17, 15) is 14.9 Å². The second-order valence-electron chi connectivity index (χ2n) is 5.42. The van der Waals surface area contributed by atoms with E-state index in [0.29, 0.717) is 10.6 Å². The molecule has 1 N–H and O–H groups in total. The Bertz CT molecular complexity index is 1140. The van der Waals surface area contributed by atoms with Gasteiger partial charge in [-0.3, -0.25) is 14.9 Å². The molecule has 4 aromatic rings. The molecular formula is C16H9ClN6O3S. The number of nitrogens with zero attached hydrogens (tertiary/aromatic N) is 5. The van der Waals surface area contributed by atoms with Gasteiger partial charge < -0.3 is 5.32 Å². The maximum Gasteiger partial charge on any atom is 0.270 e. The molecule has 9 nitrogen and oxygen atoms in total. The van der Waals surface area contributed by atoms with Crippen LogP contribution in [0.15, 0.2) is 48.8 Å². The van der Waals surface area contributed by atoms with Crippen molar-refractivity contribution in [2.45, 2.75) is 0 Å². The third-order valence-corrected chi connectivity index (χ3v) is 4.97. The predicted molar refractivity (Wildman–Crippen MR) is 100 cm³/mol. The van der Waals surface area contributed by atoms with Gasteiger partial charge >= 0.3 is 0 Å². The summed E-state index contributed by atoms with van der Waals surface area (Å²) >= 11 is 7.38. The van der Waals surface area contributed by atoms with E-state index in [1.807, 2.05) is 0 Å². The third kappa shape index (κ3) is 3.35. The van der Waals surface area contributed by atoms with E-state index in [1.165, 1.54) is 29.8 Å². The van der Waals surface area contributed by atoms with Crippen LogP contribution >= 0.6 is 22.9 Å². The highest BCUT2D eigenvalue weighted by Crippen LogP contribution is 2.27. The lowest BCUT2D eigenvalue weighted by Crippen LogP contribution is -2.12. The van der Waals surface area contributed by atoms with Crippen LogP contribution in [0.25, 0.3) is 15.5 Å². The molecule has 0 aliphatic heterocycles. The fraction of sp³-hybridized carbons (Fsp3) is 0. The summed E-state index contributed by atoms with van der Waals surface area (Å²) in [5, 5.41) is 26.5. The van der Waals surface area contributed by atoms with Crippen LogP contribution in [-0.4, -0.2) is 30.6 Å². The highest BCUT2D eigenvalue weighted by molar-refractivity contribution is 7.19. The number of rotatable bonds is 4. The van der Waals surface area contributed by atoms with Crippen molar-refractivity contribution < 1.29 is 9.72 Å². The molecule has 0 aliphatic carbocycles. The fourth-order valence-corrected chi connectivity index (χ4v) is 3.40. The lowest BCUT2D eigenvalue weighted by molar-refractivity contribution is -0.384. The minimum Gasteiger partial charge on any atom is -0.322 e. The number of non-ortho nitro benzene ring substituents is 1. The largest absolute Gasteiger partial charge is 0.322 e. The smallest absolute Gasteiger partial charge is 0.270 e. The van der Waals surface area contributed by atoms with Crippen molar-refractivity contribution in [3.05, 3.63) is 69.5 Å². The monoisotopic (exact) mass is 400 g/mol. The summed E-state index contributed by atoms with van der Waals surface area (Å²) in [5.74, 6) is -0.532. The summed E-state index contributed by atoms with van der Waals surface area (Å²) in [6, 6.07) is 10.7. The number of fused-ring (bicyclic) bond motifs is 1. The normalized spacial score (nSPS) is 10.9. The number of carbonyl (C=O) groups excluding carboxylic acids is 1. The number of anilines is 1. The molecule has 11 heteroatoms. The lowest BCUT2D eigenvalue weighted by Gasteiger charge is -2.07. The average molecular weight is 401 g/mol. The quantitative estimate of drug-likeness (QED) is 0.412. The van der Waals surface area contributed by atoms with Crippen molar-refractivity contribution in [2.24, 2.45) is 0 Å². The Hall–Kier alpha value is -3.37. The number of benzene rings is 2. The van der Waals surface area contributed by atoms with Crippen molar-refractivity contribution in [3.63, 3.8) is 0 Å². The van der Waals surface area contributed by atoms with E-state index in [4.69, 9.17) is 11.6 Å². The zero-order valence-corrected chi connectivity index (χ0v) is 14.9. The predicted octanol–water partition coefficient (Wildman–Crippen LogP) is 3.67. The molecular weight excluding hydrogens is 392 g/mol. The van der Waals surface area contributed by atoms with E-state index in [1.54, 1.807) is 28.8 Å². The molecule has 0 unspecified atom stereocenters. The Balaban J connectivity index is 1.54. The molecule has 0 fully saturated rings. The summed E-state index contributed by atoms with van der Waals surface area (Å²) in [4.78, 5) is 23.4. The summed E-state index contributed by atoms with van der Waals surface area (Å²) in [5.41, 5.74) is 1.21. The first kappa shape index (κ1) is 17.1. The molecule has 0 radical (unpaired) electrons. The molecule has 134 valence electrons. The van der Waals surface area contributed by atoms with Crippen LogP contribution in [0, 0.1) is 10.1 Å². The number of nitrogens with one attached hydrogen (secondary N) is 1. The van der Waals surface area contributed by atoms with Crippen molar-refractivity contribution >= 4 is 45.2 Å². The summed E-state index contributed by atoms with van der Waals surface area (Å²) in [6.07, 6.45) is 1.52. The minimum absolute atomic E-state index is 0.0311. The van der Waals surface area contributed by atoms with Gasteiger partial charge in [0.2, 0.25) is 4.96 Å². The third-order valence-electron chi connectivity index (χ3n) is 3.68. The zero-order valence-electron chi connectivity index (χ0n) is 13.4. The molecule has 2 aromatic heterocycles. The van der Waals surface area contributed by atoms with Crippen LogP contribution in [0.5, 0.6) is 0 Å². The van der Waals surface area contributed by atoms with Gasteiger partial charge in [0.25, 0.3) is 11.6 Å². The topological polar surface area (TPSA) is 115 Å². The van der Waals surface area contributed by atoms with Gasteiger partial charge in [0.15, 0.2) is 0 Å². The maximum absolute atomic E-state index is 12.4. The Morgan fingerprint density at radius 1 is 1.22 bits per heavy atom. The van der Waals surface area contributed by atoms with Crippen LogP contribution in [0.3, 0.4) is 0 Å². The molecule has 0 spiro atoms. The second kappa shape index (κ2) is 6.74. The molecule has 0 aliphatic rings. The number of amides is 1. The van der Waals surface area contributed by atoms with Crippen LogP contribution in [0.1, 0.15) is 10.4 Å². The molecule has 2 heterocycles. The van der Waals surface area contributed by atoms with Gasteiger partial charge in [-0.15, -0.1) is 10.2 Å². The van der Waals surface area contributed by atoms with Crippen LogP contribution < -0.4 is 5.32 Å². The summed E-state index contributed by atoms with van der Waals surface area (Å²) in [6.45, 7) is 0. The van der Waals surface area contributed by atoms with Crippen molar-refractivity contribution in [3.8, 4) is 10.6 Å². The van der Waals surface area contributed by atoms with Crippen LogP contribution in [0.2, 0.25) is 5.02 Å². The summed E-state index contributed by atoms with van der Waals surface area (Å²) < 4.78 is 1.58. The Morgan fingerprint density at radius 3 is 2.70 bits per heavy atom. The molecule has 0 saturated carbocycles. The first-order valence-corrected chi connectivity index (χ1v) is 8.73. The number of hydrogen-bond acceptors (Lipinski definition) is 7. The Kier molecular flexibility index (Phi) is 4.26. The molecule has 0 atom stereocenters. The van der Waals surface area contributed by atoms with E-state index >= 15 is 0 Å². The average Bonchev–Trinajstić information content (AvgIpc) is 3.24. The van der Waals surface area contributed by atoms with Gasteiger partial charge in [0, 0.05) is 23.4 Å². The van der Waals surface area contributed by atoms with E-state index in [0.717, 1.165) is 16.6 Å². The van der Waals surface area contributed by atoms with E-state index < -0.39 is 10.8 Å². The molecule has 27 heavy (non-hydrogen) atoms. The summed E-state index contributed by atoms with van der Waals surface area (Å²) in [7, 11) is 0. The van der Waals surface area contributed by atoms with E-state index in [-0.39, 0.29) is 16.3 Å². The molecule has 0 bridgehead atoms. The number of nitro groups is 1. The van der Waals surface area contributed by atoms with Crippen LogP contribution in [-0.2, 0) is 0 Å². The second-order valence-corrected chi connectivity index (χ2v) is 6.78. The Labute approximate surface area is 160 Å². The fourth-order valence-electron chi connectivity index (χ4n) is 2.37. The van der Waals surface area contributed by atoms with Crippen LogP contribution in [0.4, 0.5) is 11.4 Å². The number of carbonyl (C=O) groups is 1. The SMILES string of the molecule is O=C(Nc1ccc(-c2nn3cnnc3s2)cc1)c1cc([N+](=O)[O-])ccc1Cl. The first-order valence-electron chi connectivity index (χ1n) is 7.54. The van der Waals surface area contributed by atoms with Crippen molar-refractivity contribution in [1.82, 2.24) is 19.8 Å². The first-order chi connectivity index (χ1) is 13.0. The zero-order chi connectivity index (χ0) is 19.0. The molecule has 4 rings (SSSR count). The lowest BCUT2D eigenvalue weighted by atomic mass is 10.1. The molecule has 2 aromatic carbocycles. The highest BCUT2D eigenvalue weighted by Gasteiger charge is 2.16. The number of nitro benzene ring substituents is 1. The van der Waals surface area contributed by atoms with Gasteiger partial charge in [0.05, 0.1) is 15.5 Å². The minimum atomic E-state index is -0.581. The van der Waals surface area contributed by atoms with Gasteiger partial charge in [-0.05, 0) is 30.3 Å². The van der Waals surface area contributed by atoms with Gasteiger partial charge in [-0.2, -0.15) is 9.61 Å². The maximum atomic E-state index is 12.4. The van der Waals surface area contributed by atoms with Crippen molar-refractivity contribution in [2.75, 3.05) is 5.32 Å². The van der Waals surface area contributed by atoms with Gasteiger partial charge in [0.1, 0.15) is 11.3 Å². The Morgan fingerprint density at radius 2 is 2.00 bits per heavy atom. The molecule has 1 amide bonds. The number of hydrogen-bond donors (Lipinski definition) is 1. The number of aromatic nitrogens is 4. The van der Waals surface area contributed by atoms with Crippen molar-refractivity contribution in [1.29, 1.82) is 0 Å². The van der Waals surface area contributed by atoms with Gasteiger partial charge in [-0.1, -0.05) is 22.9 Å². The van der Waals surface area contributed by atoms with E-state index in [2.05, 4.69) is 20.6 Å². The number of halogens is 1. The standard InChI is InChI=1S/C16H9ClN6O3S/c17-13-6-5-11(23(25)26)7-12(13)14(24)19-10-3-1-9(2-4-10)15-21-22-8-18-20-16(22)27-15/h1-8H,(H,19,24).